The van der Waals surface area contributed by atoms with E-state index in [4.69, 9.17) is 27.9 Å². The van der Waals surface area contributed by atoms with Crippen LogP contribution in [0.1, 0.15) is 18.4 Å². The molecule has 0 bridgehead atoms. The van der Waals surface area contributed by atoms with Crippen LogP contribution < -0.4 is 0 Å². The Kier molecular flexibility index (Phi) is 4.69. The topological polar surface area (TPSA) is 29.5 Å². The van der Waals surface area contributed by atoms with Crippen molar-refractivity contribution in [3.05, 3.63) is 33.8 Å². The molecule has 1 fully saturated rings. The van der Waals surface area contributed by atoms with Gasteiger partial charge in [0.15, 0.2) is 0 Å². The van der Waals surface area contributed by atoms with Crippen LogP contribution in [-0.2, 0) is 11.2 Å². The molecule has 0 spiro atoms. The van der Waals surface area contributed by atoms with E-state index in [1.165, 1.54) is 0 Å². The lowest BCUT2D eigenvalue weighted by Gasteiger charge is -2.26. The minimum atomic E-state index is -0.394. The van der Waals surface area contributed by atoms with Crippen molar-refractivity contribution in [2.24, 2.45) is 5.92 Å². The Morgan fingerprint density at radius 3 is 2.88 bits per heavy atom. The molecule has 0 aliphatic carbocycles. The van der Waals surface area contributed by atoms with Gasteiger partial charge in [0.25, 0.3) is 0 Å². The SMILES string of the molecule is OC(Cc1ccc(Cl)cc1Cl)C1CCCOC1. The van der Waals surface area contributed by atoms with Crippen LogP contribution in [-0.4, -0.2) is 24.4 Å². The third-order valence-corrected chi connectivity index (χ3v) is 3.77. The van der Waals surface area contributed by atoms with E-state index in [2.05, 4.69) is 0 Å². The summed E-state index contributed by atoms with van der Waals surface area (Å²) in [6, 6.07) is 5.38. The van der Waals surface area contributed by atoms with E-state index in [1.807, 2.05) is 6.07 Å². The second-order valence-electron chi connectivity index (χ2n) is 4.48. The van der Waals surface area contributed by atoms with Crippen molar-refractivity contribution < 1.29 is 9.84 Å². The molecule has 17 heavy (non-hydrogen) atoms. The summed E-state index contributed by atoms with van der Waals surface area (Å²) in [7, 11) is 0. The fourth-order valence-electron chi connectivity index (χ4n) is 2.15. The highest BCUT2D eigenvalue weighted by molar-refractivity contribution is 6.35. The zero-order chi connectivity index (χ0) is 12.3. The minimum Gasteiger partial charge on any atom is -0.392 e. The van der Waals surface area contributed by atoms with Gasteiger partial charge in [-0.05, 0) is 30.5 Å². The first-order chi connectivity index (χ1) is 8.16. The van der Waals surface area contributed by atoms with Gasteiger partial charge in [0.2, 0.25) is 0 Å². The Morgan fingerprint density at radius 2 is 2.24 bits per heavy atom. The fraction of sp³-hybridized carbons (Fsp3) is 0.538. The van der Waals surface area contributed by atoms with Gasteiger partial charge in [0.1, 0.15) is 0 Å². The number of aliphatic hydroxyl groups is 1. The first-order valence-corrected chi connectivity index (χ1v) is 6.62. The van der Waals surface area contributed by atoms with Crippen LogP contribution in [0.3, 0.4) is 0 Å². The molecule has 2 nitrogen and oxygen atoms in total. The van der Waals surface area contributed by atoms with E-state index < -0.39 is 6.10 Å². The van der Waals surface area contributed by atoms with Gasteiger partial charge in [-0.1, -0.05) is 29.3 Å². The number of ether oxygens (including phenoxy) is 1. The normalized spacial score (nSPS) is 22.4. The highest BCUT2D eigenvalue weighted by atomic mass is 35.5. The zero-order valence-corrected chi connectivity index (χ0v) is 11.0. The predicted molar refractivity (Wildman–Crippen MR) is 69.7 cm³/mol. The van der Waals surface area contributed by atoms with E-state index in [0.29, 0.717) is 23.1 Å². The van der Waals surface area contributed by atoms with Gasteiger partial charge >= 0.3 is 0 Å². The Hall–Kier alpha value is -0.280. The molecule has 0 aromatic heterocycles. The van der Waals surface area contributed by atoms with E-state index in [-0.39, 0.29) is 5.92 Å². The van der Waals surface area contributed by atoms with E-state index in [9.17, 15) is 5.11 Å². The quantitative estimate of drug-likeness (QED) is 0.916. The molecule has 1 saturated heterocycles. The van der Waals surface area contributed by atoms with Crippen molar-refractivity contribution in [3.63, 3.8) is 0 Å². The summed E-state index contributed by atoms with van der Waals surface area (Å²) in [5.74, 6) is 0.218. The largest absolute Gasteiger partial charge is 0.392 e. The number of benzene rings is 1. The number of halogens is 2. The lowest BCUT2D eigenvalue weighted by molar-refractivity contribution is -0.00846. The molecule has 1 N–H and O–H groups in total. The van der Waals surface area contributed by atoms with Gasteiger partial charge in [0, 0.05) is 29.0 Å². The number of hydrogen-bond acceptors (Lipinski definition) is 2. The Labute approximate surface area is 111 Å². The molecule has 1 aliphatic rings. The molecule has 1 heterocycles. The fourth-order valence-corrected chi connectivity index (χ4v) is 2.63. The monoisotopic (exact) mass is 274 g/mol. The standard InChI is InChI=1S/C13H16Cl2O2/c14-11-4-3-9(12(15)7-11)6-13(16)10-2-1-5-17-8-10/h3-4,7,10,13,16H,1-2,5-6,8H2. The molecule has 1 aliphatic heterocycles. The molecule has 94 valence electrons. The molecule has 2 unspecified atom stereocenters. The van der Waals surface area contributed by atoms with E-state index in [0.717, 1.165) is 25.0 Å². The molecule has 4 heteroatoms. The van der Waals surface area contributed by atoms with Crippen molar-refractivity contribution in [1.82, 2.24) is 0 Å². The van der Waals surface area contributed by atoms with Crippen molar-refractivity contribution >= 4 is 23.2 Å². The van der Waals surface area contributed by atoms with Crippen LogP contribution in [0.15, 0.2) is 18.2 Å². The summed E-state index contributed by atoms with van der Waals surface area (Å²) in [5.41, 5.74) is 0.939. The van der Waals surface area contributed by atoms with Crippen LogP contribution in [0.25, 0.3) is 0 Å². The van der Waals surface area contributed by atoms with Gasteiger partial charge in [-0.25, -0.2) is 0 Å². The molecule has 2 atom stereocenters. The summed E-state index contributed by atoms with van der Waals surface area (Å²) < 4.78 is 5.38. The lowest BCUT2D eigenvalue weighted by Crippen LogP contribution is -2.30. The molecule has 0 radical (unpaired) electrons. The molecule has 1 aromatic rings. The molecular formula is C13H16Cl2O2. The summed E-state index contributed by atoms with van der Waals surface area (Å²) >= 11 is 11.9. The second-order valence-corrected chi connectivity index (χ2v) is 5.33. The van der Waals surface area contributed by atoms with E-state index in [1.54, 1.807) is 12.1 Å². The van der Waals surface area contributed by atoms with E-state index >= 15 is 0 Å². The van der Waals surface area contributed by atoms with Gasteiger partial charge in [-0.3, -0.25) is 0 Å². The highest BCUT2D eigenvalue weighted by Crippen LogP contribution is 2.25. The average Bonchev–Trinajstić information content (AvgIpc) is 2.34. The maximum Gasteiger partial charge on any atom is 0.0631 e. The van der Waals surface area contributed by atoms with Crippen LogP contribution in [0.2, 0.25) is 10.0 Å². The Bertz CT molecular complexity index is 376. The Balaban J connectivity index is 1.99. The van der Waals surface area contributed by atoms with Gasteiger partial charge < -0.3 is 9.84 Å². The molecular weight excluding hydrogens is 259 g/mol. The van der Waals surface area contributed by atoms with Crippen molar-refractivity contribution in [1.29, 1.82) is 0 Å². The number of rotatable bonds is 3. The predicted octanol–water partition coefficient (Wildman–Crippen LogP) is 3.32. The Morgan fingerprint density at radius 1 is 1.41 bits per heavy atom. The molecule has 2 rings (SSSR count). The third-order valence-electron chi connectivity index (χ3n) is 3.18. The smallest absolute Gasteiger partial charge is 0.0631 e. The van der Waals surface area contributed by atoms with Crippen LogP contribution in [0, 0.1) is 5.92 Å². The number of aliphatic hydroxyl groups excluding tert-OH is 1. The average molecular weight is 275 g/mol. The summed E-state index contributed by atoms with van der Waals surface area (Å²) in [6.07, 6.45) is 2.21. The lowest BCUT2D eigenvalue weighted by atomic mass is 9.91. The van der Waals surface area contributed by atoms with Gasteiger partial charge in [-0.15, -0.1) is 0 Å². The van der Waals surface area contributed by atoms with Gasteiger partial charge in [0.05, 0.1) is 12.7 Å². The molecule has 1 aromatic carbocycles. The molecule has 0 saturated carbocycles. The molecule has 0 amide bonds. The first kappa shape index (κ1) is 13.2. The summed E-state index contributed by atoms with van der Waals surface area (Å²) in [6.45, 7) is 1.46. The van der Waals surface area contributed by atoms with Crippen molar-refractivity contribution in [2.75, 3.05) is 13.2 Å². The number of hydrogen-bond donors (Lipinski definition) is 1. The zero-order valence-electron chi connectivity index (χ0n) is 9.53. The van der Waals surface area contributed by atoms with Crippen LogP contribution in [0.5, 0.6) is 0 Å². The maximum atomic E-state index is 10.1. The maximum absolute atomic E-state index is 10.1. The third kappa shape index (κ3) is 3.59. The van der Waals surface area contributed by atoms with Crippen molar-refractivity contribution in [2.45, 2.75) is 25.4 Å². The minimum absolute atomic E-state index is 0.218. The van der Waals surface area contributed by atoms with Gasteiger partial charge in [-0.2, -0.15) is 0 Å². The summed E-state index contributed by atoms with van der Waals surface area (Å²) in [5, 5.41) is 11.4. The highest BCUT2D eigenvalue weighted by Gasteiger charge is 2.23. The summed E-state index contributed by atoms with van der Waals surface area (Å²) in [4.78, 5) is 0. The van der Waals surface area contributed by atoms with Crippen molar-refractivity contribution in [3.8, 4) is 0 Å². The van der Waals surface area contributed by atoms with Crippen LogP contribution in [0.4, 0.5) is 0 Å². The van der Waals surface area contributed by atoms with Crippen LogP contribution >= 0.6 is 23.2 Å². The second kappa shape index (κ2) is 6.05. The first-order valence-electron chi connectivity index (χ1n) is 5.86.